The fourth-order valence-electron chi connectivity index (χ4n) is 8.88. The summed E-state index contributed by atoms with van der Waals surface area (Å²) >= 11 is 1.58. The summed E-state index contributed by atoms with van der Waals surface area (Å²) in [5.74, 6) is -2.06. The number of fused-ring (bicyclic) bond motifs is 2. The Hall–Kier alpha value is -7.46. The summed E-state index contributed by atoms with van der Waals surface area (Å²) in [7, 11) is -3.77. The van der Waals surface area contributed by atoms with Crippen molar-refractivity contribution in [1.29, 1.82) is 0 Å². The maximum Gasteiger partial charge on any atom is 0.336 e. The van der Waals surface area contributed by atoms with Crippen LogP contribution < -0.4 is 0 Å². The summed E-state index contributed by atoms with van der Waals surface area (Å²) in [6.07, 6.45) is 0.983. The molecule has 1 aliphatic rings. The Morgan fingerprint density at radius 3 is 2.02 bits per heavy atom. The number of sulfone groups is 1. The lowest BCUT2D eigenvalue weighted by Crippen LogP contribution is -2.08. The maximum atomic E-state index is 14.2. The average Bonchev–Trinajstić information content (AvgIpc) is 3.86. The molecule has 0 fully saturated rings. The summed E-state index contributed by atoms with van der Waals surface area (Å²) in [6, 6.07) is 56.2. The van der Waals surface area contributed by atoms with Gasteiger partial charge in [0.15, 0.2) is 9.84 Å². The summed E-state index contributed by atoms with van der Waals surface area (Å²) in [5, 5.41) is 19.8. The predicted octanol–water partition coefficient (Wildman–Crippen LogP) is 13.0. The molecular weight excluding hydrogens is 835 g/mol. The van der Waals surface area contributed by atoms with Crippen LogP contribution in [0.15, 0.2) is 181 Å². The van der Waals surface area contributed by atoms with Crippen molar-refractivity contribution in [1.82, 2.24) is 4.98 Å². The summed E-state index contributed by atoms with van der Waals surface area (Å²) in [6.45, 7) is 2.09. The highest BCUT2D eigenvalue weighted by atomic mass is 32.2. The molecule has 1 atom stereocenters. The van der Waals surface area contributed by atoms with Gasteiger partial charge in [-0.15, -0.1) is 11.3 Å². The number of hydrogen-bond acceptors (Lipinski definition) is 6. The van der Waals surface area contributed by atoms with Gasteiger partial charge in [0.1, 0.15) is 4.83 Å². The minimum Gasteiger partial charge on any atom is -0.478 e. The zero-order valence-corrected chi connectivity index (χ0v) is 36.2. The normalized spacial score (nSPS) is 14.0. The van der Waals surface area contributed by atoms with Crippen LogP contribution in [0.3, 0.4) is 0 Å². The van der Waals surface area contributed by atoms with E-state index in [9.17, 15) is 28.2 Å². The third-order valence-corrected chi connectivity index (χ3v) is 15.3. The van der Waals surface area contributed by atoms with Gasteiger partial charge in [-0.1, -0.05) is 127 Å². The van der Waals surface area contributed by atoms with Gasteiger partial charge >= 0.3 is 11.9 Å². The zero-order valence-electron chi connectivity index (χ0n) is 34.5. The molecule has 3 heterocycles. The molecule has 64 heavy (non-hydrogen) atoms. The summed E-state index contributed by atoms with van der Waals surface area (Å²) < 4.78 is 28.4. The number of nitrogens with zero attached hydrogens (tertiary/aromatic N) is 1. The van der Waals surface area contributed by atoms with Crippen molar-refractivity contribution < 1.29 is 28.2 Å². The van der Waals surface area contributed by atoms with Crippen LogP contribution in [0.5, 0.6) is 0 Å². The second-order valence-corrected chi connectivity index (χ2v) is 19.4. The van der Waals surface area contributed by atoms with E-state index in [1.807, 2.05) is 54.6 Å². The Labute approximate surface area is 374 Å². The average molecular weight is 874 g/mol. The van der Waals surface area contributed by atoms with Crippen molar-refractivity contribution in [3.8, 4) is 55.1 Å². The summed E-state index contributed by atoms with van der Waals surface area (Å²) in [5.41, 5.74) is 12.5. The molecule has 1 aliphatic heterocycles. The highest BCUT2D eigenvalue weighted by Crippen LogP contribution is 2.44. The van der Waals surface area contributed by atoms with Gasteiger partial charge < -0.3 is 10.2 Å². The Morgan fingerprint density at radius 2 is 1.25 bits per heavy atom. The second kappa shape index (κ2) is 16.3. The highest BCUT2D eigenvalue weighted by Gasteiger charge is 2.38. The Morgan fingerprint density at radius 1 is 0.594 bits per heavy atom. The van der Waals surface area contributed by atoms with E-state index >= 15 is 0 Å². The molecule has 0 bridgehead atoms. The second-order valence-electron chi connectivity index (χ2n) is 16.3. The van der Waals surface area contributed by atoms with E-state index < -0.39 is 27.0 Å². The molecule has 312 valence electrons. The number of aromatic carboxylic acids is 2. The number of rotatable bonds is 10. The number of pyridine rings is 1. The largest absolute Gasteiger partial charge is 0.478 e. The first kappa shape index (κ1) is 40.6. The van der Waals surface area contributed by atoms with Crippen LogP contribution in [-0.4, -0.2) is 35.6 Å². The molecule has 0 saturated heterocycles. The van der Waals surface area contributed by atoms with Crippen molar-refractivity contribution >= 4 is 43.3 Å². The van der Waals surface area contributed by atoms with E-state index in [1.54, 1.807) is 59.9 Å². The van der Waals surface area contributed by atoms with E-state index in [-0.39, 0.29) is 16.0 Å². The molecular formula is C55H39NO6S2. The molecule has 9 heteroatoms. The number of carboxylic acids is 2. The fraction of sp³-hybridized carbons (Fsp3) is 0.0727. The van der Waals surface area contributed by atoms with E-state index in [2.05, 4.69) is 73.7 Å². The van der Waals surface area contributed by atoms with Crippen LogP contribution in [0, 0.1) is 6.92 Å². The van der Waals surface area contributed by atoms with Crippen LogP contribution in [0.4, 0.5) is 0 Å². The molecule has 0 amide bonds. The number of carbonyl (C=O) groups is 2. The van der Waals surface area contributed by atoms with Crippen molar-refractivity contribution in [3.05, 3.63) is 215 Å². The molecule has 7 aromatic carbocycles. The van der Waals surface area contributed by atoms with E-state index in [1.165, 1.54) is 11.6 Å². The van der Waals surface area contributed by atoms with Crippen molar-refractivity contribution in [3.63, 3.8) is 0 Å². The highest BCUT2D eigenvalue weighted by molar-refractivity contribution is 7.92. The zero-order chi connectivity index (χ0) is 44.1. The number of aromatic nitrogens is 1. The SMILES string of the molecule is Cc1cccc(-c2cc(Cc3cccc(-c4cccc(C5Cc6ccc(-c7ccccc7C(=O)O)cc6S5(=O)=O)c4)c3)cc(-c3cc4ccc(-c5ccccc5C(=O)O)nc4s3)c2)c1. The van der Waals surface area contributed by atoms with Crippen molar-refractivity contribution in [2.75, 3.05) is 0 Å². The van der Waals surface area contributed by atoms with Gasteiger partial charge in [-0.2, -0.15) is 0 Å². The molecule has 0 spiro atoms. The first-order valence-electron chi connectivity index (χ1n) is 20.8. The van der Waals surface area contributed by atoms with Gasteiger partial charge in [-0.25, -0.2) is 23.0 Å². The first-order valence-corrected chi connectivity index (χ1v) is 23.2. The lowest BCUT2D eigenvalue weighted by Gasteiger charge is -2.13. The van der Waals surface area contributed by atoms with Crippen molar-refractivity contribution in [2.24, 2.45) is 0 Å². The molecule has 0 radical (unpaired) electrons. The number of carboxylic acid groups (broad SMARTS) is 2. The van der Waals surface area contributed by atoms with E-state index in [0.717, 1.165) is 59.6 Å². The minimum absolute atomic E-state index is 0.121. The molecule has 9 aromatic rings. The fourth-order valence-corrected chi connectivity index (χ4v) is 11.9. The standard InChI is InChI=1S/C55H39NO6S2/c1-33-9-6-11-36(23-33)43-26-35(27-44(29-43)50-30-42-21-22-49(56-53(42)63-50)46-16-3-5-18-48(46)55(59)60)24-34-10-7-12-37(25-34)38-13-8-14-40(28-38)52-32-41-20-19-39(31-51(41)64(52,61)62)45-15-2-4-17-47(45)54(57)58/h2-23,25-31,52H,24,32H2,1H3,(H,57,58)(H,59,60). The van der Waals surface area contributed by atoms with Gasteiger partial charge in [0.05, 0.1) is 27.0 Å². The summed E-state index contributed by atoms with van der Waals surface area (Å²) in [4.78, 5) is 31.0. The minimum atomic E-state index is -3.77. The molecule has 7 nitrogen and oxygen atoms in total. The lowest BCUT2D eigenvalue weighted by atomic mass is 9.93. The smallest absolute Gasteiger partial charge is 0.336 e. The Balaban J connectivity index is 0.960. The van der Waals surface area contributed by atoms with Crippen LogP contribution in [0.2, 0.25) is 0 Å². The Bertz CT molecular complexity index is 3460. The maximum absolute atomic E-state index is 14.2. The van der Waals surface area contributed by atoms with Gasteiger partial charge in [0.25, 0.3) is 0 Å². The van der Waals surface area contributed by atoms with Crippen LogP contribution in [0.1, 0.15) is 53.8 Å². The molecule has 2 N–H and O–H groups in total. The monoisotopic (exact) mass is 873 g/mol. The van der Waals surface area contributed by atoms with Gasteiger partial charge in [0.2, 0.25) is 0 Å². The molecule has 0 aliphatic carbocycles. The molecule has 1 unspecified atom stereocenters. The first-order chi connectivity index (χ1) is 31.0. The predicted molar refractivity (Wildman–Crippen MR) is 255 cm³/mol. The quantitative estimate of drug-likeness (QED) is 0.140. The Kier molecular flexibility index (Phi) is 10.4. The third kappa shape index (κ3) is 7.69. The third-order valence-electron chi connectivity index (χ3n) is 12.0. The van der Waals surface area contributed by atoms with Crippen LogP contribution >= 0.6 is 11.3 Å². The van der Waals surface area contributed by atoms with Gasteiger partial charge in [-0.3, -0.25) is 0 Å². The lowest BCUT2D eigenvalue weighted by molar-refractivity contribution is 0.0687. The number of hydrogen-bond donors (Lipinski definition) is 2. The van der Waals surface area contributed by atoms with E-state index in [4.69, 9.17) is 4.98 Å². The van der Waals surface area contributed by atoms with Gasteiger partial charge in [-0.05, 0) is 136 Å². The molecule has 10 rings (SSSR count). The topological polar surface area (TPSA) is 122 Å². The van der Waals surface area contributed by atoms with E-state index in [0.29, 0.717) is 40.8 Å². The molecule has 2 aromatic heterocycles. The number of benzene rings is 7. The van der Waals surface area contributed by atoms with Crippen molar-refractivity contribution in [2.45, 2.75) is 29.9 Å². The number of aryl methyl sites for hydroxylation is 1. The van der Waals surface area contributed by atoms with Gasteiger partial charge in [0, 0.05) is 15.8 Å². The van der Waals surface area contributed by atoms with Crippen LogP contribution in [0.25, 0.3) is 65.3 Å². The van der Waals surface area contributed by atoms with Crippen LogP contribution in [-0.2, 0) is 22.7 Å². The number of thiophene rings is 1. The molecule has 0 saturated carbocycles.